The molecule has 1 aromatic heterocycles. The molecule has 0 bridgehead atoms. The first kappa shape index (κ1) is 18.2. The van der Waals surface area contributed by atoms with E-state index in [0.29, 0.717) is 17.0 Å². The number of hydrazone groups is 1. The molecular formula is C22H16N4O3. The maximum absolute atomic E-state index is 13.0. The molecule has 1 aliphatic rings. The summed E-state index contributed by atoms with van der Waals surface area (Å²) in [7, 11) is 0. The van der Waals surface area contributed by atoms with Gasteiger partial charge in [0.15, 0.2) is 0 Å². The van der Waals surface area contributed by atoms with Gasteiger partial charge in [0.25, 0.3) is 5.91 Å². The van der Waals surface area contributed by atoms with Crippen molar-refractivity contribution in [3.8, 4) is 6.07 Å². The zero-order valence-electron chi connectivity index (χ0n) is 15.5. The molecule has 2 aromatic carbocycles. The van der Waals surface area contributed by atoms with Gasteiger partial charge in [-0.05, 0) is 43.3 Å². The second-order valence-electron chi connectivity index (χ2n) is 6.60. The minimum atomic E-state index is -1.03. The van der Waals surface area contributed by atoms with E-state index < -0.39 is 5.97 Å². The summed E-state index contributed by atoms with van der Waals surface area (Å²) in [5.74, 6) is -1.32. The number of hydrogen-bond donors (Lipinski definition) is 1. The van der Waals surface area contributed by atoms with Crippen molar-refractivity contribution in [3.63, 3.8) is 0 Å². The van der Waals surface area contributed by atoms with E-state index in [9.17, 15) is 9.59 Å². The third-order valence-corrected chi connectivity index (χ3v) is 4.78. The molecule has 3 aromatic rings. The average molecular weight is 384 g/mol. The van der Waals surface area contributed by atoms with Gasteiger partial charge in [-0.25, -0.2) is 4.79 Å². The van der Waals surface area contributed by atoms with Crippen LogP contribution in [0.5, 0.6) is 0 Å². The number of hydrogen-bond acceptors (Lipinski definition) is 4. The Bertz CT molecular complexity index is 1240. The molecule has 0 spiro atoms. The van der Waals surface area contributed by atoms with Crippen LogP contribution in [0.25, 0.3) is 17.0 Å². The molecule has 1 aliphatic heterocycles. The molecule has 7 nitrogen and oxygen atoms in total. The number of aromatic carboxylic acids is 1. The van der Waals surface area contributed by atoms with Crippen LogP contribution in [-0.4, -0.2) is 27.3 Å². The Labute approximate surface area is 166 Å². The molecule has 0 saturated heterocycles. The van der Waals surface area contributed by atoms with Gasteiger partial charge in [0.05, 0.1) is 28.6 Å². The minimum Gasteiger partial charge on any atom is -0.478 e. The van der Waals surface area contributed by atoms with Crippen LogP contribution >= 0.6 is 0 Å². The lowest BCUT2D eigenvalue weighted by Gasteiger charge is -2.11. The molecule has 0 atom stereocenters. The first-order chi connectivity index (χ1) is 14.0. The predicted molar refractivity (Wildman–Crippen MR) is 110 cm³/mol. The van der Waals surface area contributed by atoms with E-state index in [1.807, 2.05) is 35.0 Å². The number of para-hydroxylation sites is 1. The SMILES string of the molecule is CC1=NN(c2ccc(C(=O)O)cc2)C(=O)C1=Cc1cn(CC#N)c2ccccc12. The Hall–Kier alpha value is -4.18. The van der Waals surface area contributed by atoms with E-state index in [1.165, 1.54) is 17.1 Å². The number of amides is 1. The zero-order chi connectivity index (χ0) is 20.5. The first-order valence-corrected chi connectivity index (χ1v) is 8.89. The fourth-order valence-corrected chi connectivity index (χ4v) is 3.36. The number of carbonyl (C=O) groups is 2. The summed E-state index contributed by atoms with van der Waals surface area (Å²) in [5, 5.41) is 24.6. The molecule has 1 amide bonds. The smallest absolute Gasteiger partial charge is 0.335 e. The molecule has 1 N–H and O–H groups in total. The number of aromatic nitrogens is 1. The van der Waals surface area contributed by atoms with Crippen LogP contribution in [0.1, 0.15) is 22.8 Å². The normalized spacial score (nSPS) is 15.0. The van der Waals surface area contributed by atoms with Crippen LogP contribution in [0.2, 0.25) is 0 Å². The number of anilines is 1. The van der Waals surface area contributed by atoms with Gasteiger partial charge < -0.3 is 9.67 Å². The van der Waals surface area contributed by atoms with Gasteiger partial charge in [0, 0.05) is 22.7 Å². The van der Waals surface area contributed by atoms with Crippen molar-refractivity contribution in [1.29, 1.82) is 5.26 Å². The van der Waals surface area contributed by atoms with Crippen LogP contribution < -0.4 is 5.01 Å². The largest absolute Gasteiger partial charge is 0.478 e. The van der Waals surface area contributed by atoms with Crippen LogP contribution in [-0.2, 0) is 11.3 Å². The van der Waals surface area contributed by atoms with Gasteiger partial charge in [-0.3, -0.25) is 4.79 Å². The molecule has 0 radical (unpaired) electrons. The molecule has 142 valence electrons. The number of carbonyl (C=O) groups excluding carboxylic acids is 1. The highest BCUT2D eigenvalue weighted by atomic mass is 16.4. The summed E-state index contributed by atoms with van der Waals surface area (Å²) in [6.45, 7) is 1.97. The highest BCUT2D eigenvalue weighted by Gasteiger charge is 2.29. The highest BCUT2D eigenvalue weighted by molar-refractivity contribution is 6.32. The van der Waals surface area contributed by atoms with E-state index in [-0.39, 0.29) is 18.0 Å². The molecule has 0 fully saturated rings. The summed E-state index contributed by atoms with van der Waals surface area (Å²) >= 11 is 0. The third kappa shape index (κ3) is 3.17. The summed E-state index contributed by atoms with van der Waals surface area (Å²) in [4.78, 5) is 24.0. The van der Waals surface area contributed by atoms with Crippen molar-refractivity contribution < 1.29 is 14.7 Å². The van der Waals surface area contributed by atoms with Gasteiger partial charge in [-0.2, -0.15) is 15.4 Å². The molecular weight excluding hydrogens is 368 g/mol. The Kier molecular flexibility index (Phi) is 4.45. The molecule has 7 heteroatoms. The van der Waals surface area contributed by atoms with Crippen molar-refractivity contribution >= 4 is 40.3 Å². The maximum atomic E-state index is 13.0. The molecule has 0 aliphatic carbocycles. The summed E-state index contributed by atoms with van der Waals surface area (Å²) < 4.78 is 1.84. The monoisotopic (exact) mass is 384 g/mol. The lowest BCUT2D eigenvalue weighted by Crippen LogP contribution is -2.21. The van der Waals surface area contributed by atoms with E-state index in [4.69, 9.17) is 10.4 Å². The molecule has 4 rings (SSSR count). The average Bonchev–Trinajstić information content (AvgIpc) is 3.21. The first-order valence-electron chi connectivity index (χ1n) is 8.89. The Morgan fingerprint density at radius 2 is 1.93 bits per heavy atom. The van der Waals surface area contributed by atoms with Crippen LogP contribution in [0.15, 0.2) is 65.4 Å². The van der Waals surface area contributed by atoms with Crippen molar-refractivity contribution in [2.45, 2.75) is 13.5 Å². The number of nitriles is 1. The Balaban J connectivity index is 1.72. The van der Waals surface area contributed by atoms with Crippen LogP contribution in [0.3, 0.4) is 0 Å². The standard InChI is InChI=1S/C22H16N4O3/c1-14-19(12-16-13-25(11-10-23)20-5-3-2-4-18(16)20)21(27)26(24-14)17-8-6-15(7-9-17)22(28)29/h2-9,12-13H,11H2,1H3,(H,28,29). The van der Waals surface area contributed by atoms with E-state index in [0.717, 1.165) is 16.5 Å². The number of benzene rings is 2. The second kappa shape index (κ2) is 7.09. The number of carboxylic acids is 1. The third-order valence-electron chi connectivity index (χ3n) is 4.78. The lowest BCUT2D eigenvalue weighted by atomic mass is 10.1. The van der Waals surface area contributed by atoms with Crippen LogP contribution in [0.4, 0.5) is 5.69 Å². The topological polar surface area (TPSA) is 98.7 Å². The molecule has 0 unspecified atom stereocenters. The van der Waals surface area contributed by atoms with Crippen molar-refractivity contribution in [2.75, 3.05) is 5.01 Å². The fraction of sp³-hybridized carbons (Fsp3) is 0.0909. The van der Waals surface area contributed by atoms with Crippen LogP contribution in [0, 0.1) is 11.3 Å². The molecule has 29 heavy (non-hydrogen) atoms. The molecule has 2 heterocycles. The Morgan fingerprint density at radius 3 is 2.62 bits per heavy atom. The lowest BCUT2D eigenvalue weighted by molar-refractivity contribution is -0.114. The van der Waals surface area contributed by atoms with Gasteiger partial charge in [0.1, 0.15) is 6.54 Å². The molecule has 0 saturated carbocycles. The van der Waals surface area contributed by atoms with Crippen molar-refractivity contribution in [1.82, 2.24) is 4.57 Å². The number of fused-ring (bicyclic) bond motifs is 1. The summed E-state index contributed by atoms with van der Waals surface area (Å²) in [6.07, 6.45) is 3.63. The fourth-order valence-electron chi connectivity index (χ4n) is 3.36. The predicted octanol–water partition coefficient (Wildman–Crippen LogP) is 3.67. The van der Waals surface area contributed by atoms with E-state index in [2.05, 4.69) is 11.2 Å². The maximum Gasteiger partial charge on any atom is 0.335 e. The number of rotatable bonds is 4. The number of carboxylic acid groups (broad SMARTS) is 1. The summed E-state index contributed by atoms with van der Waals surface area (Å²) in [5.41, 5.74) is 3.40. The van der Waals surface area contributed by atoms with E-state index >= 15 is 0 Å². The minimum absolute atomic E-state index is 0.141. The van der Waals surface area contributed by atoms with Gasteiger partial charge in [-0.1, -0.05) is 18.2 Å². The highest BCUT2D eigenvalue weighted by Crippen LogP contribution is 2.28. The summed E-state index contributed by atoms with van der Waals surface area (Å²) in [6, 6.07) is 15.8. The Morgan fingerprint density at radius 1 is 1.21 bits per heavy atom. The van der Waals surface area contributed by atoms with Crippen molar-refractivity contribution in [3.05, 3.63) is 71.4 Å². The second-order valence-corrected chi connectivity index (χ2v) is 6.60. The van der Waals surface area contributed by atoms with Gasteiger partial charge in [-0.15, -0.1) is 0 Å². The van der Waals surface area contributed by atoms with E-state index in [1.54, 1.807) is 25.1 Å². The number of nitrogens with zero attached hydrogens (tertiary/aromatic N) is 4. The zero-order valence-corrected chi connectivity index (χ0v) is 15.5. The van der Waals surface area contributed by atoms with Gasteiger partial charge in [0.2, 0.25) is 0 Å². The van der Waals surface area contributed by atoms with Crippen molar-refractivity contribution in [2.24, 2.45) is 5.10 Å². The quantitative estimate of drug-likeness (QED) is 0.694. The van der Waals surface area contributed by atoms with Gasteiger partial charge >= 0.3 is 5.97 Å².